The van der Waals surface area contributed by atoms with Crippen LogP contribution in [0, 0.1) is 11.3 Å². The standard InChI is InChI=1S/C19H21NO3/c1-22-19(23-2)17-11-7-6-10-15(17)16(12-13-20)18(21)14-8-4-3-5-9-14/h3-11,16,18-19,21H,12H2,1-2H3/t16-,18+/m1/s1. The highest BCUT2D eigenvalue weighted by atomic mass is 16.7. The van der Waals surface area contributed by atoms with Crippen LogP contribution >= 0.6 is 0 Å². The van der Waals surface area contributed by atoms with E-state index >= 15 is 0 Å². The van der Waals surface area contributed by atoms with Crippen LogP contribution < -0.4 is 0 Å². The molecule has 1 N–H and O–H groups in total. The number of ether oxygens (including phenoxy) is 2. The molecule has 2 aromatic rings. The number of nitriles is 1. The molecule has 2 rings (SSSR count). The Bertz CT molecular complexity index is 647. The lowest BCUT2D eigenvalue weighted by Crippen LogP contribution is -2.15. The van der Waals surface area contributed by atoms with Crippen molar-refractivity contribution in [2.45, 2.75) is 24.7 Å². The molecule has 4 heteroatoms. The molecule has 0 fully saturated rings. The van der Waals surface area contributed by atoms with Gasteiger partial charge in [-0.1, -0.05) is 54.6 Å². The van der Waals surface area contributed by atoms with Gasteiger partial charge in [0, 0.05) is 32.1 Å². The Kier molecular flexibility index (Phi) is 6.30. The highest BCUT2D eigenvalue weighted by molar-refractivity contribution is 5.35. The summed E-state index contributed by atoms with van der Waals surface area (Å²) in [6, 6.07) is 19.1. The van der Waals surface area contributed by atoms with Gasteiger partial charge in [-0.05, 0) is 11.1 Å². The number of aliphatic hydroxyl groups is 1. The van der Waals surface area contributed by atoms with Crippen LogP contribution in [0.25, 0.3) is 0 Å². The quantitative estimate of drug-likeness (QED) is 0.792. The fraction of sp³-hybridized carbons (Fsp3) is 0.316. The van der Waals surface area contributed by atoms with Crippen molar-refractivity contribution in [1.82, 2.24) is 0 Å². The number of benzene rings is 2. The van der Waals surface area contributed by atoms with E-state index in [2.05, 4.69) is 6.07 Å². The van der Waals surface area contributed by atoms with Gasteiger partial charge in [0.25, 0.3) is 0 Å². The van der Waals surface area contributed by atoms with Gasteiger partial charge in [-0.2, -0.15) is 5.26 Å². The van der Waals surface area contributed by atoms with Gasteiger partial charge in [0.1, 0.15) is 0 Å². The van der Waals surface area contributed by atoms with Gasteiger partial charge in [-0.25, -0.2) is 0 Å². The van der Waals surface area contributed by atoms with Gasteiger partial charge >= 0.3 is 0 Å². The maximum absolute atomic E-state index is 10.8. The van der Waals surface area contributed by atoms with E-state index in [9.17, 15) is 10.4 Å². The van der Waals surface area contributed by atoms with Crippen molar-refractivity contribution in [1.29, 1.82) is 5.26 Å². The molecule has 23 heavy (non-hydrogen) atoms. The average molecular weight is 311 g/mol. The fourth-order valence-corrected chi connectivity index (χ4v) is 2.79. The summed E-state index contributed by atoms with van der Waals surface area (Å²) in [4.78, 5) is 0. The number of nitrogens with zero attached hydrogens (tertiary/aromatic N) is 1. The highest BCUT2D eigenvalue weighted by Crippen LogP contribution is 2.37. The summed E-state index contributed by atoms with van der Waals surface area (Å²) in [7, 11) is 3.13. The molecule has 0 saturated heterocycles. The number of aliphatic hydroxyl groups excluding tert-OH is 1. The molecule has 4 nitrogen and oxygen atoms in total. The van der Waals surface area contributed by atoms with Crippen LogP contribution in [0.1, 0.15) is 41.4 Å². The maximum atomic E-state index is 10.8. The lowest BCUT2D eigenvalue weighted by atomic mass is 9.84. The molecule has 2 atom stereocenters. The Morgan fingerprint density at radius 3 is 2.09 bits per heavy atom. The minimum Gasteiger partial charge on any atom is -0.388 e. The second-order valence-corrected chi connectivity index (χ2v) is 5.26. The van der Waals surface area contributed by atoms with Crippen LogP contribution in [0.5, 0.6) is 0 Å². The summed E-state index contributed by atoms with van der Waals surface area (Å²) in [5.74, 6) is -0.355. The van der Waals surface area contributed by atoms with Crippen LogP contribution in [0.2, 0.25) is 0 Å². The lowest BCUT2D eigenvalue weighted by molar-refractivity contribution is -0.106. The molecule has 0 spiro atoms. The van der Waals surface area contributed by atoms with Crippen molar-refractivity contribution >= 4 is 0 Å². The van der Waals surface area contributed by atoms with Gasteiger partial charge in [0.05, 0.1) is 12.2 Å². The third-order valence-corrected chi connectivity index (χ3v) is 3.91. The van der Waals surface area contributed by atoms with E-state index in [0.29, 0.717) is 0 Å². The number of hydrogen-bond acceptors (Lipinski definition) is 4. The molecule has 2 aromatic carbocycles. The molecule has 0 aliphatic carbocycles. The van der Waals surface area contributed by atoms with E-state index in [-0.39, 0.29) is 12.3 Å². The minimum atomic E-state index is -0.772. The molecule has 0 radical (unpaired) electrons. The first-order valence-corrected chi connectivity index (χ1v) is 7.47. The van der Waals surface area contributed by atoms with Crippen LogP contribution in [0.4, 0.5) is 0 Å². The summed E-state index contributed by atoms with van der Waals surface area (Å²) in [6.45, 7) is 0. The zero-order valence-electron chi connectivity index (χ0n) is 13.3. The maximum Gasteiger partial charge on any atom is 0.183 e. The first kappa shape index (κ1) is 17.2. The summed E-state index contributed by atoms with van der Waals surface area (Å²) in [6.07, 6.45) is -1.10. The van der Waals surface area contributed by atoms with Crippen LogP contribution in [-0.2, 0) is 9.47 Å². The van der Waals surface area contributed by atoms with E-state index in [4.69, 9.17) is 9.47 Å². The van der Waals surface area contributed by atoms with Gasteiger partial charge in [0.15, 0.2) is 6.29 Å². The molecule has 0 saturated carbocycles. The largest absolute Gasteiger partial charge is 0.388 e. The molecule has 0 aromatic heterocycles. The van der Waals surface area contributed by atoms with E-state index in [1.54, 1.807) is 14.2 Å². The van der Waals surface area contributed by atoms with Gasteiger partial charge in [-0.3, -0.25) is 0 Å². The smallest absolute Gasteiger partial charge is 0.183 e. The number of rotatable bonds is 7. The van der Waals surface area contributed by atoms with Crippen LogP contribution in [-0.4, -0.2) is 19.3 Å². The highest BCUT2D eigenvalue weighted by Gasteiger charge is 2.27. The lowest BCUT2D eigenvalue weighted by Gasteiger charge is -2.26. The average Bonchev–Trinajstić information content (AvgIpc) is 2.61. The predicted octanol–water partition coefficient (Wildman–Crippen LogP) is 3.71. The second-order valence-electron chi connectivity index (χ2n) is 5.26. The first-order valence-electron chi connectivity index (χ1n) is 7.47. The Balaban J connectivity index is 2.44. The van der Waals surface area contributed by atoms with Crippen molar-refractivity contribution in [3.8, 4) is 6.07 Å². The Morgan fingerprint density at radius 1 is 0.957 bits per heavy atom. The SMILES string of the molecule is COC(OC)c1ccccc1[C@@H](CC#N)[C@@H](O)c1ccccc1. The zero-order chi connectivity index (χ0) is 16.7. The predicted molar refractivity (Wildman–Crippen MR) is 87.6 cm³/mol. The molecule has 0 heterocycles. The third kappa shape index (κ3) is 3.96. The molecule has 0 bridgehead atoms. The zero-order valence-corrected chi connectivity index (χ0v) is 13.3. The normalized spacial score (nSPS) is 13.5. The second kappa shape index (κ2) is 8.44. The summed E-state index contributed by atoms with van der Waals surface area (Å²) >= 11 is 0. The van der Waals surface area contributed by atoms with Gasteiger partial charge in [0.2, 0.25) is 0 Å². The first-order chi connectivity index (χ1) is 11.2. The molecule has 120 valence electrons. The topological polar surface area (TPSA) is 62.5 Å². The van der Waals surface area contributed by atoms with Gasteiger partial charge in [-0.15, -0.1) is 0 Å². The van der Waals surface area contributed by atoms with Crippen molar-refractivity contribution in [2.75, 3.05) is 14.2 Å². The molecule has 0 aliphatic rings. The molecular weight excluding hydrogens is 290 g/mol. The molecule has 0 amide bonds. The molecule has 0 unspecified atom stereocenters. The van der Waals surface area contributed by atoms with Crippen molar-refractivity contribution in [3.63, 3.8) is 0 Å². The van der Waals surface area contributed by atoms with Crippen LogP contribution in [0.15, 0.2) is 54.6 Å². The Hall–Kier alpha value is -2.19. The van der Waals surface area contributed by atoms with Crippen molar-refractivity contribution < 1.29 is 14.6 Å². The fourth-order valence-electron chi connectivity index (χ4n) is 2.79. The van der Waals surface area contributed by atoms with Gasteiger partial charge < -0.3 is 14.6 Å². The van der Waals surface area contributed by atoms with E-state index in [1.165, 1.54) is 0 Å². The Morgan fingerprint density at radius 2 is 1.52 bits per heavy atom. The Labute approximate surface area is 136 Å². The monoisotopic (exact) mass is 311 g/mol. The third-order valence-electron chi connectivity index (χ3n) is 3.91. The number of methoxy groups -OCH3 is 2. The summed E-state index contributed by atoms with van der Waals surface area (Å²) < 4.78 is 10.7. The molecular formula is C19H21NO3. The van der Waals surface area contributed by atoms with E-state index in [1.807, 2.05) is 54.6 Å². The van der Waals surface area contributed by atoms with E-state index in [0.717, 1.165) is 16.7 Å². The van der Waals surface area contributed by atoms with E-state index < -0.39 is 12.4 Å². The summed E-state index contributed by atoms with van der Waals surface area (Å²) in [5.41, 5.74) is 2.47. The van der Waals surface area contributed by atoms with Crippen molar-refractivity contribution in [2.24, 2.45) is 0 Å². The minimum absolute atomic E-state index is 0.202. The van der Waals surface area contributed by atoms with Crippen LogP contribution in [0.3, 0.4) is 0 Å². The number of hydrogen-bond donors (Lipinski definition) is 1. The van der Waals surface area contributed by atoms with Crippen molar-refractivity contribution in [3.05, 3.63) is 71.3 Å². The molecule has 0 aliphatic heterocycles. The summed E-state index contributed by atoms with van der Waals surface area (Å²) in [5, 5.41) is 20.0.